The zero-order valence-corrected chi connectivity index (χ0v) is 17.5. The van der Waals surface area contributed by atoms with Crippen LogP contribution < -0.4 is 15.5 Å². The Bertz CT molecular complexity index is 1130. The first-order valence-electron chi connectivity index (χ1n) is 9.17. The molecule has 1 amide bonds. The number of nitrogens with zero attached hydrogens (tertiary/aromatic N) is 2. The van der Waals surface area contributed by atoms with Crippen molar-refractivity contribution in [1.82, 2.24) is 0 Å². The number of benzene rings is 3. The third kappa shape index (κ3) is 5.58. The van der Waals surface area contributed by atoms with Crippen molar-refractivity contribution in [3.63, 3.8) is 0 Å². The summed E-state index contributed by atoms with van der Waals surface area (Å²) in [5.41, 5.74) is 4.72. The van der Waals surface area contributed by atoms with Crippen molar-refractivity contribution in [3.8, 4) is 5.75 Å². The van der Waals surface area contributed by atoms with Crippen molar-refractivity contribution in [1.29, 1.82) is 0 Å². The fourth-order valence-corrected chi connectivity index (χ4v) is 2.82. The third-order valence-electron chi connectivity index (χ3n) is 4.41. The molecule has 0 radical (unpaired) electrons. The van der Waals surface area contributed by atoms with Crippen LogP contribution in [0.25, 0.3) is 0 Å². The molecule has 9 heteroatoms. The van der Waals surface area contributed by atoms with E-state index in [4.69, 9.17) is 16.3 Å². The van der Waals surface area contributed by atoms with Gasteiger partial charge in [0.15, 0.2) is 0 Å². The first kappa shape index (κ1) is 21.8. The van der Waals surface area contributed by atoms with E-state index >= 15 is 0 Å². The molecule has 0 spiro atoms. The van der Waals surface area contributed by atoms with Gasteiger partial charge in [0.25, 0.3) is 11.6 Å². The highest BCUT2D eigenvalue weighted by molar-refractivity contribution is 6.30. The van der Waals surface area contributed by atoms with Gasteiger partial charge in [-0.15, -0.1) is 0 Å². The lowest BCUT2D eigenvalue weighted by atomic mass is 10.1. The van der Waals surface area contributed by atoms with Gasteiger partial charge >= 0.3 is 0 Å². The summed E-state index contributed by atoms with van der Waals surface area (Å²) in [5, 5.41) is 19.0. The van der Waals surface area contributed by atoms with Crippen LogP contribution in [0, 0.1) is 10.1 Å². The molecule has 3 aromatic rings. The van der Waals surface area contributed by atoms with E-state index in [9.17, 15) is 14.9 Å². The molecular formula is C22H19ClN4O4. The van der Waals surface area contributed by atoms with E-state index in [-0.39, 0.29) is 16.9 Å². The number of hydrogen-bond donors (Lipinski definition) is 2. The van der Waals surface area contributed by atoms with E-state index in [1.54, 1.807) is 62.6 Å². The van der Waals surface area contributed by atoms with Crippen LogP contribution in [0.1, 0.15) is 22.8 Å². The summed E-state index contributed by atoms with van der Waals surface area (Å²) >= 11 is 5.88. The summed E-state index contributed by atoms with van der Waals surface area (Å²) < 4.78 is 5.08. The van der Waals surface area contributed by atoms with Gasteiger partial charge in [0.05, 0.1) is 17.7 Å². The number of nitro groups is 1. The average Bonchev–Trinajstić information content (AvgIpc) is 2.78. The van der Waals surface area contributed by atoms with Crippen LogP contribution in [0.3, 0.4) is 0 Å². The maximum Gasteiger partial charge on any atom is 0.294 e. The van der Waals surface area contributed by atoms with Crippen LogP contribution >= 0.6 is 11.6 Å². The SMILES string of the molecule is COc1ccc(NC(=O)c2ccc(N/N=C(/C)c3ccc(Cl)cc3)c([N+](=O)[O-])c2)cc1. The summed E-state index contributed by atoms with van der Waals surface area (Å²) in [5.74, 6) is 0.180. The van der Waals surface area contributed by atoms with Gasteiger partial charge in [-0.1, -0.05) is 23.7 Å². The summed E-state index contributed by atoms with van der Waals surface area (Å²) in [4.78, 5) is 23.5. The quantitative estimate of drug-likeness (QED) is 0.294. The Balaban J connectivity index is 1.78. The number of nitro benzene ring substituents is 1. The minimum atomic E-state index is -0.570. The molecule has 0 saturated carbocycles. The second kappa shape index (κ2) is 9.73. The van der Waals surface area contributed by atoms with Gasteiger partial charge in [-0.3, -0.25) is 20.3 Å². The van der Waals surface area contributed by atoms with Gasteiger partial charge in [-0.05, 0) is 61.0 Å². The predicted molar refractivity (Wildman–Crippen MR) is 121 cm³/mol. The maximum atomic E-state index is 12.5. The van der Waals surface area contributed by atoms with Crippen molar-refractivity contribution in [2.45, 2.75) is 6.92 Å². The molecule has 0 fully saturated rings. The molecule has 0 aliphatic heterocycles. The summed E-state index contributed by atoms with van der Waals surface area (Å²) in [6, 6.07) is 17.9. The summed E-state index contributed by atoms with van der Waals surface area (Å²) in [7, 11) is 1.54. The molecule has 0 bridgehead atoms. The van der Waals surface area contributed by atoms with E-state index in [0.29, 0.717) is 22.2 Å². The van der Waals surface area contributed by atoms with E-state index in [1.165, 1.54) is 18.2 Å². The Kier molecular flexibility index (Phi) is 6.84. The number of carbonyl (C=O) groups is 1. The highest BCUT2D eigenvalue weighted by Crippen LogP contribution is 2.26. The molecular weight excluding hydrogens is 420 g/mol. The van der Waals surface area contributed by atoms with Gasteiger partial charge in [-0.25, -0.2) is 0 Å². The molecule has 31 heavy (non-hydrogen) atoms. The van der Waals surface area contributed by atoms with Crippen molar-refractivity contribution in [3.05, 3.63) is 93.0 Å². The van der Waals surface area contributed by atoms with Gasteiger partial charge in [-0.2, -0.15) is 5.10 Å². The number of amides is 1. The molecule has 3 aromatic carbocycles. The normalized spacial score (nSPS) is 11.0. The zero-order chi connectivity index (χ0) is 22.4. The molecule has 158 valence electrons. The van der Waals surface area contributed by atoms with Crippen molar-refractivity contribution >= 4 is 40.3 Å². The number of anilines is 2. The Labute approximate surface area is 183 Å². The third-order valence-corrected chi connectivity index (χ3v) is 4.66. The summed E-state index contributed by atoms with van der Waals surface area (Å²) in [6.07, 6.45) is 0. The predicted octanol–water partition coefficient (Wildman–Crippen LogP) is 5.35. The fraction of sp³-hybridized carbons (Fsp3) is 0.0909. The van der Waals surface area contributed by atoms with Gasteiger partial charge in [0.1, 0.15) is 11.4 Å². The second-order valence-corrected chi connectivity index (χ2v) is 6.92. The van der Waals surface area contributed by atoms with E-state index in [2.05, 4.69) is 15.8 Å². The topological polar surface area (TPSA) is 106 Å². The molecule has 2 N–H and O–H groups in total. The summed E-state index contributed by atoms with van der Waals surface area (Å²) in [6.45, 7) is 1.76. The Morgan fingerprint density at radius 1 is 1.03 bits per heavy atom. The highest BCUT2D eigenvalue weighted by atomic mass is 35.5. The van der Waals surface area contributed by atoms with Crippen molar-refractivity contribution in [2.75, 3.05) is 17.9 Å². The maximum absolute atomic E-state index is 12.5. The molecule has 0 unspecified atom stereocenters. The molecule has 0 aromatic heterocycles. The first-order valence-corrected chi connectivity index (χ1v) is 9.55. The molecule has 0 aliphatic rings. The Morgan fingerprint density at radius 3 is 2.29 bits per heavy atom. The van der Waals surface area contributed by atoms with Gasteiger partial charge < -0.3 is 10.1 Å². The number of rotatable bonds is 7. The standard InChI is InChI=1S/C22H19ClN4O4/c1-14(15-3-6-17(23)7-4-15)25-26-20-12-5-16(13-21(20)27(29)30)22(28)24-18-8-10-19(31-2)11-9-18/h3-13,26H,1-2H3,(H,24,28)/b25-14-. The molecule has 0 saturated heterocycles. The van der Waals surface area contributed by atoms with Crippen molar-refractivity contribution in [2.24, 2.45) is 5.10 Å². The van der Waals surface area contributed by atoms with E-state index < -0.39 is 10.8 Å². The number of methoxy groups -OCH3 is 1. The Morgan fingerprint density at radius 2 is 1.68 bits per heavy atom. The lowest BCUT2D eigenvalue weighted by molar-refractivity contribution is -0.384. The number of carbonyl (C=O) groups excluding carboxylic acids is 1. The van der Waals surface area contributed by atoms with E-state index in [1.807, 2.05) is 0 Å². The highest BCUT2D eigenvalue weighted by Gasteiger charge is 2.18. The van der Waals surface area contributed by atoms with E-state index in [0.717, 1.165) is 5.56 Å². The largest absolute Gasteiger partial charge is 0.497 e. The minimum Gasteiger partial charge on any atom is -0.497 e. The molecule has 0 atom stereocenters. The fourth-order valence-electron chi connectivity index (χ4n) is 2.70. The van der Waals surface area contributed by atoms with Crippen LogP contribution in [0.2, 0.25) is 5.02 Å². The molecule has 8 nitrogen and oxygen atoms in total. The lowest BCUT2D eigenvalue weighted by Crippen LogP contribution is -2.12. The average molecular weight is 439 g/mol. The first-order chi connectivity index (χ1) is 14.9. The van der Waals surface area contributed by atoms with Crippen molar-refractivity contribution < 1.29 is 14.5 Å². The van der Waals surface area contributed by atoms with Gasteiger partial charge in [0, 0.05) is 22.3 Å². The van der Waals surface area contributed by atoms with Crippen LogP contribution in [0.4, 0.5) is 17.1 Å². The lowest BCUT2D eigenvalue weighted by Gasteiger charge is -2.08. The van der Waals surface area contributed by atoms with Gasteiger partial charge in [0.2, 0.25) is 0 Å². The van der Waals surface area contributed by atoms with Crippen LogP contribution in [0.15, 0.2) is 71.8 Å². The molecule has 0 aliphatic carbocycles. The number of halogens is 1. The minimum absolute atomic E-state index is 0.145. The number of ether oxygens (including phenoxy) is 1. The molecule has 3 rings (SSSR count). The second-order valence-electron chi connectivity index (χ2n) is 6.49. The number of hydrazone groups is 1. The smallest absolute Gasteiger partial charge is 0.294 e. The zero-order valence-electron chi connectivity index (χ0n) is 16.8. The molecule has 0 heterocycles. The van der Waals surface area contributed by atoms with Crippen LogP contribution in [0.5, 0.6) is 5.75 Å². The Hall–Kier alpha value is -3.91. The number of nitrogens with one attached hydrogen (secondary N) is 2. The van der Waals surface area contributed by atoms with Crippen LogP contribution in [-0.2, 0) is 0 Å². The monoisotopic (exact) mass is 438 g/mol. The number of hydrogen-bond acceptors (Lipinski definition) is 6. The van der Waals surface area contributed by atoms with Crippen LogP contribution in [-0.4, -0.2) is 23.7 Å².